The van der Waals surface area contributed by atoms with Crippen LogP contribution < -0.4 is 0 Å². The first-order valence-corrected chi connectivity index (χ1v) is 8.52. The lowest BCUT2D eigenvalue weighted by atomic mass is 10.1. The van der Waals surface area contributed by atoms with Gasteiger partial charge in [-0.15, -0.1) is 0 Å². The molecule has 1 atom stereocenters. The molecular weight excluding hydrogens is 300 g/mol. The second-order valence-corrected chi connectivity index (χ2v) is 6.37. The van der Waals surface area contributed by atoms with E-state index in [0.717, 1.165) is 44.8 Å². The molecule has 0 radical (unpaired) electrons. The zero-order chi connectivity index (χ0) is 16.2. The molecule has 4 rings (SSSR count). The highest BCUT2D eigenvalue weighted by Gasteiger charge is 2.20. The minimum atomic E-state index is 0.280. The van der Waals surface area contributed by atoms with Crippen molar-refractivity contribution < 1.29 is 4.74 Å². The Hall–Kier alpha value is -2.24. The monoisotopic (exact) mass is 322 g/mol. The average Bonchev–Trinajstić information content (AvgIpc) is 3.09. The number of rotatable bonds is 5. The number of nitrogens with zero attached hydrogens (tertiary/aromatic N) is 3. The first-order chi connectivity index (χ1) is 11.9. The fourth-order valence-corrected chi connectivity index (χ4v) is 3.33. The summed E-state index contributed by atoms with van der Waals surface area (Å²) in [5, 5.41) is 1.27. The van der Waals surface area contributed by atoms with Gasteiger partial charge in [-0.3, -0.25) is 4.90 Å². The van der Waals surface area contributed by atoms with Gasteiger partial charge in [-0.25, -0.2) is 9.97 Å². The molecular formula is C19H22N4O. The third-order valence-electron chi connectivity index (χ3n) is 4.61. The lowest BCUT2D eigenvalue weighted by Crippen LogP contribution is -2.42. The normalized spacial score (nSPS) is 18.9. The number of aromatic nitrogens is 3. The third kappa shape index (κ3) is 3.63. The lowest BCUT2D eigenvalue weighted by molar-refractivity contribution is -0.0346. The third-order valence-corrected chi connectivity index (χ3v) is 4.61. The second-order valence-electron chi connectivity index (χ2n) is 6.37. The Balaban J connectivity index is 1.34. The number of aromatic amines is 1. The van der Waals surface area contributed by atoms with Gasteiger partial charge in [0.25, 0.3) is 0 Å². The first kappa shape index (κ1) is 15.3. The number of ether oxygens (including phenoxy) is 1. The van der Waals surface area contributed by atoms with Gasteiger partial charge in [0.15, 0.2) is 0 Å². The number of aryl methyl sites for hydroxylation is 1. The van der Waals surface area contributed by atoms with Crippen molar-refractivity contribution in [3.8, 4) is 0 Å². The van der Waals surface area contributed by atoms with Gasteiger partial charge < -0.3 is 9.72 Å². The quantitative estimate of drug-likeness (QED) is 0.785. The minimum Gasteiger partial charge on any atom is -0.376 e. The molecule has 0 saturated carbocycles. The van der Waals surface area contributed by atoms with Crippen molar-refractivity contribution in [3.05, 3.63) is 60.3 Å². The Bertz CT molecular complexity index is 786. The van der Waals surface area contributed by atoms with E-state index in [2.05, 4.69) is 44.1 Å². The summed E-state index contributed by atoms with van der Waals surface area (Å²) in [4.78, 5) is 14.0. The van der Waals surface area contributed by atoms with Crippen molar-refractivity contribution in [2.75, 3.05) is 19.7 Å². The summed E-state index contributed by atoms with van der Waals surface area (Å²) in [7, 11) is 0. The predicted octanol–water partition coefficient (Wildman–Crippen LogP) is 2.79. The van der Waals surface area contributed by atoms with E-state index >= 15 is 0 Å². The van der Waals surface area contributed by atoms with Crippen molar-refractivity contribution in [2.45, 2.75) is 25.5 Å². The Kier molecular flexibility index (Phi) is 4.53. The van der Waals surface area contributed by atoms with Crippen LogP contribution in [0, 0.1) is 0 Å². The van der Waals surface area contributed by atoms with Gasteiger partial charge in [-0.05, 0) is 42.0 Å². The van der Waals surface area contributed by atoms with E-state index in [9.17, 15) is 0 Å². The van der Waals surface area contributed by atoms with Gasteiger partial charge in [-0.2, -0.15) is 0 Å². The maximum atomic E-state index is 5.93. The highest BCUT2D eigenvalue weighted by atomic mass is 16.5. The molecule has 5 heteroatoms. The van der Waals surface area contributed by atoms with E-state index in [1.165, 1.54) is 16.5 Å². The van der Waals surface area contributed by atoms with Crippen LogP contribution >= 0.6 is 0 Å². The van der Waals surface area contributed by atoms with Gasteiger partial charge in [0.2, 0.25) is 0 Å². The van der Waals surface area contributed by atoms with Crippen molar-refractivity contribution in [3.63, 3.8) is 0 Å². The van der Waals surface area contributed by atoms with Crippen LogP contribution in [0.3, 0.4) is 0 Å². The highest BCUT2D eigenvalue weighted by Crippen LogP contribution is 2.18. The topological polar surface area (TPSA) is 54.0 Å². The molecule has 124 valence electrons. The summed E-state index contributed by atoms with van der Waals surface area (Å²) in [5.41, 5.74) is 3.64. The Morgan fingerprint density at radius 1 is 1.25 bits per heavy atom. The molecule has 24 heavy (non-hydrogen) atoms. The molecule has 1 aromatic carbocycles. The number of hydrogen-bond acceptors (Lipinski definition) is 4. The maximum absolute atomic E-state index is 5.93. The largest absolute Gasteiger partial charge is 0.376 e. The van der Waals surface area contributed by atoms with Gasteiger partial charge in [-0.1, -0.05) is 12.1 Å². The summed E-state index contributed by atoms with van der Waals surface area (Å²) < 4.78 is 5.93. The van der Waals surface area contributed by atoms with Gasteiger partial charge in [0.05, 0.1) is 12.7 Å². The van der Waals surface area contributed by atoms with E-state index in [0.29, 0.717) is 0 Å². The van der Waals surface area contributed by atoms with Crippen LogP contribution in [-0.2, 0) is 17.7 Å². The van der Waals surface area contributed by atoms with Crippen LogP contribution in [0.15, 0.2) is 49.1 Å². The number of benzene rings is 1. The lowest BCUT2D eigenvalue weighted by Gasteiger charge is -2.33. The molecule has 3 aromatic rings. The Morgan fingerprint density at radius 3 is 3.17 bits per heavy atom. The summed E-state index contributed by atoms with van der Waals surface area (Å²) in [6, 6.07) is 10.7. The molecule has 0 bridgehead atoms. The van der Waals surface area contributed by atoms with E-state index in [1.807, 2.05) is 12.3 Å². The smallest absolute Gasteiger partial charge is 0.115 e. The maximum Gasteiger partial charge on any atom is 0.115 e. The van der Waals surface area contributed by atoms with Crippen LogP contribution in [-0.4, -0.2) is 45.7 Å². The SMILES string of the molecule is c1cc(CCC2CN(Cc3ccc4cc[nH]c4c3)CCO2)ncn1. The first-order valence-electron chi connectivity index (χ1n) is 8.52. The summed E-state index contributed by atoms with van der Waals surface area (Å²) in [6.45, 7) is 3.75. The van der Waals surface area contributed by atoms with Crippen molar-refractivity contribution >= 4 is 10.9 Å². The van der Waals surface area contributed by atoms with Crippen LogP contribution in [0.25, 0.3) is 10.9 Å². The standard InChI is InChI=1S/C19H22N4O/c1-2-16-5-8-21-19(16)11-15(1)12-23-9-10-24-18(13-23)4-3-17-6-7-20-14-22-17/h1-2,5-8,11,14,18,21H,3-4,9-10,12-13H2. The van der Waals surface area contributed by atoms with Crippen LogP contribution in [0.5, 0.6) is 0 Å². The zero-order valence-corrected chi connectivity index (χ0v) is 13.7. The van der Waals surface area contributed by atoms with Crippen molar-refractivity contribution in [1.29, 1.82) is 0 Å². The second kappa shape index (κ2) is 7.11. The molecule has 5 nitrogen and oxygen atoms in total. The van der Waals surface area contributed by atoms with E-state index in [4.69, 9.17) is 4.74 Å². The summed E-state index contributed by atoms with van der Waals surface area (Å²) >= 11 is 0. The Labute approximate surface area is 141 Å². The van der Waals surface area contributed by atoms with E-state index in [-0.39, 0.29) is 6.10 Å². The number of H-pyrrole nitrogens is 1. The average molecular weight is 322 g/mol. The predicted molar refractivity (Wildman–Crippen MR) is 93.7 cm³/mol. The van der Waals surface area contributed by atoms with E-state index in [1.54, 1.807) is 12.5 Å². The van der Waals surface area contributed by atoms with E-state index < -0.39 is 0 Å². The molecule has 2 aromatic heterocycles. The summed E-state index contributed by atoms with van der Waals surface area (Å²) in [6.07, 6.45) is 7.63. The van der Waals surface area contributed by atoms with Gasteiger partial charge in [0, 0.05) is 43.2 Å². The zero-order valence-electron chi connectivity index (χ0n) is 13.7. The molecule has 0 amide bonds. The number of morpholine rings is 1. The molecule has 1 N–H and O–H groups in total. The molecule has 0 aliphatic carbocycles. The Morgan fingerprint density at radius 2 is 2.25 bits per heavy atom. The molecule has 3 heterocycles. The van der Waals surface area contributed by atoms with Crippen molar-refractivity contribution in [2.24, 2.45) is 0 Å². The fourth-order valence-electron chi connectivity index (χ4n) is 3.33. The summed E-state index contributed by atoms with van der Waals surface area (Å²) in [5.74, 6) is 0. The number of hydrogen-bond donors (Lipinski definition) is 1. The molecule has 1 saturated heterocycles. The molecule has 1 unspecified atom stereocenters. The van der Waals surface area contributed by atoms with Crippen LogP contribution in [0.2, 0.25) is 0 Å². The molecule has 1 aliphatic rings. The molecule has 1 aliphatic heterocycles. The fraction of sp³-hybridized carbons (Fsp3) is 0.368. The van der Waals surface area contributed by atoms with Gasteiger partial charge in [0.1, 0.15) is 6.33 Å². The minimum absolute atomic E-state index is 0.280. The highest BCUT2D eigenvalue weighted by molar-refractivity contribution is 5.79. The van der Waals surface area contributed by atoms with Gasteiger partial charge >= 0.3 is 0 Å². The molecule has 1 fully saturated rings. The van der Waals surface area contributed by atoms with Crippen molar-refractivity contribution in [1.82, 2.24) is 19.9 Å². The van der Waals surface area contributed by atoms with Crippen LogP contribution in [0.1, 0.15) is 17.7 Å². The molecule has 0 spiro atoms. The number of nitrogens with one attached hydrogen (secondary N) is 1. The van der Waals surface area contributed by atoms with Crippen LogP contribution in [0.4, 0.5) is 0 Å². The number of fused-ring (bicyclic) bond motifs is 1.